The normalized spacial score (nSPS) is 12.3. The Morgan fingerprint density at radius 2 is 1.78 bits per heavy atom. The van der Waals surface area contributed by atoms with Gasteiger partial charge in [-0.3, -0.25) is 4.48 Å². The van der Waals surface area contributed by atoms with Gasteiger partial charge in [0.2, 0.25) is 0 Å². The summed E-state index contributed by atoms with van der Waals surface area (Å²) < 4.78 is 28.4. The molecule has 0 radical (unpaired) electrons. The lowest BCUT2D eigenvalue weighted by Gasteiger charge is -2.24. The van der Waals surface area contributed by atoms with Gasteiger partial charge < -0.3 is 4.74 Å². The molecular weight excluding hydrogens is 254 g/mol. The number of carbonyl (C=O) groups excluding carboxylic acids is 1. The van der Waals surface area contributed by atoms with Crippen molar-refractivity contribution in [3.05, 3.63) is 23.8 Å². The summed E-state index contributed by atoms with van der Waals surface area (Å²) in [4.78, 5) is 11.7. The molecule has 0 aromatic heterocycles. The Kier molecular flexibility index (Phi) is 3.83. The topological polar surface area (TPSA) is 60.4 Å². The molecule has 0 atom stereocenters. The summed E-state index contributed by atoms with van der Waals surface area (Å²) in [5.74, 6) is -0.647. The molecule has 0 aliphatic heterocycles. The van der Waals surface area contributed by atoms with Gasteiger partial charge in [-0.1, -0.05) is 0 Å². The van der Waals surface area contributed by atoms with Crippen molar-refractivity contribution in [2.75, 3.05) is 34.5 Å². The third-order valence-electron chi connectivity index (χ3n) is 2.54. The van der Waals surface area contributed by atoms with Gasteiger partial charge in [0.25, 0.3) is 0 Å². The summed E-state index contributed by atoms with van der Waals surface area (Å²) >= 11 is 0. The zero-order valence-corrected chi connectivity index (χ0v) is 12.0. The summed E-state index contributed by atoms with van der Waals surface area (Å²) in [6.45, 7) is 0. The molecule has 0 saturated carbocycles. The minimum Gasteiger partial charge on any atom is -0.465 e. The van der Waals surface area contributed by atoms with Gasteiger partial charge in [-0.2, -0.15) is 0 Å². The van der Waals surface area contributed by atoms with Gasteiger partial charge in [-0.25, -0.2) is 13.2 Å². The molecule has 0 heterocycles. The maximum Gasteiger partial charge on any atom is 0.339 e. The number of carbonyl (C=O) groups is 1. The lowest BCUT2D eigenvalue weighted by Crippen LogP contribution is -2.35. The molecule has 0 saturated heterocycles. The van der Waals surface area contributed by atoms with Crippen molar-refractivity contribution in [3.8, 4) is 0 Å². The Labute approximate surface area is 107 Å². The van der Waals surface area contributed by atoms with E-state index >= 15 is 0 Å². The van der Waals surface area contributed by atoms with Gasteiger partial charge in [-0.05, 0) is 6.07 Å². The molecule has 0 aliphatic rings. The number of hydrogen-bond acceptors (Lipinski definition) is 4. The smallest absolute Gasteiger partial charge is 0.339 e. The minimum absolute atomic E-state index is 0.00782. The fraction of sp³-hybridized carbons (Fsp3) is 0.417. The molecule has 100 valence electrons. The van der Waals surface area contributed by atoms with E-state index in [-0.39, 0.29) is 10.5 Å². The Bertz CT molecular complexity index is 570. The Hall–Kier alpha value is -1.40. The van der Waals surface area contributed by atoms with Crippen LogP contribution in [0.25, 0.3) is 0 Å². The van der Waals surface area contributed by atoms with Gasteiger partial charge in [0.1, 0.15) is 5.69 Å². The van der Waals surface area contributed by atoms with E-state index in [1.54, 1.807) is 12.1 Å². The predicted molar refractivity (Wildman–Crippen MR) is 70.5 cm³/mol. The number of sulfone groups is 1. The van der Waals surface area contributed by atoms with Crippen LogP contribution in [0.2, 0.25) is 0 Å². The van der Waals surface area contributed by atoms with Crippen LogP contribution in [0.15, 0.2) is 23.1 Å². The predicted octanol–water partition coefficient (Wildman–Crippen LogP) is 1.07. The van der Waals surface area contributed by atoms with Crippen LogP contribution in [0.3, 0.4) is 0 Å². The molecule has 0 amide bonds. The highest BCUT2D eigenvalue weighted by Crippen LogP contribution is 2.25. The molecule has 1 aromatic rings. The first-order valence-electron chi connectivity index (χ1n) is 5.32. The van der Waals surface area contributed by atoms with E-state index in [4.69, 9.17) is 0 Å². The first-order valence-corrected chi connectivity index (χ1v) is 7.21. The maximum atomic E-state index is 11.7. The van der Waals surface area contributed by atoms with Crippen molar-refractivity contribution < 1.29 is 17.9 Å². The summed E-state index contributed by atoms with van der Waals surface area (Å²) in [6.07, 6.45) is 1.07. The molecule has 1 rings (SSSR count). The van der Waals surface area contributed by atoms with E-state index < -0.39 is 15.8 Å². The molecule has 0 spiro atoms. The number of esters is 1. The van der Waals surface area contributed by atoms with E-state index in [0.29, 0.717) is 4.48 Å². The van der Waals surface area contributed by atoms with Crippen molar-refractivity contribution in [1.82, 2.24) is 4.48 Å². The Morgan fingerprint density at radius 3 is 2.17 bits per heavy atom. The van der Waals surface area contributed by atoms with Crippen LogP contribution in [0, 0.1) is 0 Å². The second-order valence-corrected chi connectivity index (χ2v) is 6.94. The number of rotatable bonds is 3. The highest BCUT2D eigenvalue weighted by atomic mass is 32.2. The standard InChI is InChI=1S/C12H18NO4S/c1-13(2,3)9-6-7-11(18(5,15)16)10(8-9)12(14)17-4/h6-8H,1-5H3/q+1. The molecule has 0 bridgehead atoms. The summed E-state index contributed by atoms with van der Waals surface area (Å²) in [5.41, 5.74) is 0.897. The Morgan fingerprint density at radius 1 is 1.22 bits per heavy atom. The van der Waals surface area contributed by atoms with Crippen LogP contribution in [-0.2, 0) is 14.6 Å². The SMILES string of the molecule is COC(=O)c1cc([N+](C)(C)C)ccc1S(C)(=O)=O. The summed E-state index contributed by atoms with van der Waals surface area (Å²) in [6, 6.07) is 4.70. The van der Waals surface area contributed by atoms with Gasteiger partial charge >= 0.3 is 5.97 Å². The molecule has 0 N–H and O–H groups in total. The van der Waals surface area contributed by atoms with Gasteiger partial charge in [0, 0.05) is 18.4 Å². The first-order chi connectivity index (χ1) is 8.07. The quantitative estimate of drug-likeness (QED) is 0.610. The van der Waals surface area contributed by atoms with Crippen LogP contribution in [0.4, 0.5) is 5.69 Å². The molecule has 5 nitrogen and oxygen atoms in total. The second kappa shape index (κ2) is 4.70. The molecule has 0 fully saturated rings. The van der Waals surface area contributed by atoms with Gasteiger partial charge in [-0.15, -0.1) is 0 Å². The zero-order valence-electron chi connectivity index (χ0n) is 11.2. The monoisotopic (exact) mass is 272 g/mol. The van der Waals surface area contributed by atoms with E-state index in [1.807, 2.05) is 21.1 Å². The fourth-order valence-electron chi connectivity index (χ4n) is 1.53. The molecular formula is C12H18NO4S+. The van der Waals surface area contributed by atoms with Crippen molar-refractivity contribution in [2.24, 2.45) is 0 Å². The molecule has 6 heteroatoms. The second-order valence-electron chi connectivity index (χ2n) is 4.96. The highest BCUT2D eigenvalue weighted by Gasteiger charge is 2.23. The zero-order chi connectivity index (χ0) is 14.1. The lowest BCUT2D eigenvalue weighted by molar-refractivity contribution is 0.0596. The number of ether oxygens (including phenoxy) is 1. The number of methoxy groups -OCH3 is 1. The van der Waals surface area contributed by atoms with Crippen molar-refractivity contribution in [3.63, 3.8) is 0 Å². The first kappa shape index (κ1) is 14.7. The van der Waals surface area contributed by atoms with Gasteiger partial charge in [0.05, 0.1) is 38.7 Å². The van der Waals surface area contributed by atoms with Crippen molar-refractivity contribution >= 4 is 21.5 Å². The average Bonchev–Trinajstić information content (AvgIpc) is 2.24. The summed E-state index contributed by atoms with van der Waals surface area (Å²) in [5, 5.41) is 0. The molecule has 0 unspecified atom stereocenters. The number of benzene rings is 1. The largest absolute Gasteiger partial charge is 0.465 e. The van der Waals surface area contributed by atoms with Crippen LogP contribution in [-0.4, -0.2) is 48.9 Å². The Balaban J connectivity index is 3.54. The lowest BCUT2D eigenvalue weighted by atomic mass is 10.2. The van der Waals surface area contributed by atoms with E-state index in [1.165, 1.54) is 13.2 Å². The maximum absolute atomic E-state index is 11.7. The van der Waals surface area contributed by atoms with Gasteiger partial charge in [0.15, 0.2) is 9.84 Å². The summed E-state index contributed by atoms with van der Waals surface area (Å²) in [7, 11) is 3.55. The number of hydrogen-bond donors (Lipinski definition) is 0. The van der Waals surface area contributed by atoms with Crippen LogP contribution in [0.5, 0.6) is 0 Å². The van der Waals surface area contributed by atoms with E-state index in [9.17, 15) is 13.2 Å². The van der Waals surface area contributed by atoms with Crippen molar-refractivity contribution in [2.45, 2.75) is 4.90 Å². The van der Waals surface area contributed by atoms with Crippen LogP contribution < -0.4 is 4.48 Å². The third kappa shape index (κ3) is 3.08. The van der Waals surface area contributed by atoms with E-state index in [2.05, 4.69) is 4.74 Å². The average molecular weight is 272 g/mol. The van der Waals surface area contributed by atoms with E-state index in [0.717, 1.165) is 11.9 Å². The molecule has 18 heavy (non-hydrogen) atoms. The van der Waals surface area contributed by atoms with Crippen LogP contribution in [0.1, 0.15) is 10.4 Å². The molecule has 0 aliphatic carbocycles. The number of nitrogens with zero attached hydrogens (tertiary/aromatic N) is 1. The number of quaternary nitrogens is 1. The van der Waals surface area contributed by atoms with Crippen molar-refractivity contribution in [1.29, 1.82) is 0 Å². The van der Waals surface area contributed by atoms with Crippen LogP contribution >= 0.6 is 0 Å². The third-order valence-corrected chi connectivity index (χ3v) is 3.70. The molecule has 1 aromatic carbocycles. The minimum atomic E-state index is -3.46. The fourth-order valence-corrected chi connectivity index (χ4v) is 2.39. The highest BCUT2D eigenvalue weighted by molar-refractivity contribution is 7.90.